The van der Waals surface area contributed by atoms with E-state index in [0.717, 1.165) is 23.3 Å². The molecule has 2 aromatic rings. The molecule has 11 heteroatoms. The molecule has 8 nitrogen and oxygen atoms in total. The first-order valence-corrected chi connectivity index (χ1v) is 13.6. The molecule has 2 unspecified atom stereocenters. The number of aryl methyl sites for hydroxylation is 1. The lowest BCUT2D eigenvalue weighted by atomic mass is 9.91. The van der Waals surface area contributed by atoms with E-state index >= 15 is 4.39 Å². The van der Waals surface area contributed by atoms with Crippen molar-refractivity contribution < 1.29 is 27.5 Å². The van der Waals surface area contributed by atoms with Crippen LogP contribution in [-0.2, 0) is 14.3 Å². The van der Waals surface area contributed by atoms with Crippen LogP contribution in [-0.4, -0.2) is 59.5 Å². The molecule has 2 aliphatic carbocycles. The van der Waals surface area contributed by atoms with Gasteiger partial charge in [-0.25, -0.2) is 13.2 Å². The van der Waals surface area contributed by atoms with Crippen molar-refractivity contribution >= 4 is 17.5 Å². The molecule has 2 saturated carbocycles. The second-order valence-electron chi connectivity index (χ2n) is 10.9. The van der Waals surface area contributed by atoms with Crippen LogP contribution in [0.5, 0.6) is 0 Å². The Morgan fingerprint density at radius 3 is 2.62 bits per heavy atom. The number of rotatable bonds is 7. The summed E-state index contributed by atoms with van der Waals surface area (Å²) in [4.78, 5) is 34.8. The third kappa shape index (κ3) is 5.92. The molecule has 3 fully saturated rings. The van der Waals surface area contributed by atoms with Gasteiger partial charge in [0.15, 0.2) is 6.19 Å². The van der Waals surface area contributed by atoms with Gasteiger partial charge in [0.1, 0.15) is 17.9 Å². The van der Waals surface area contributed by atoms with Gasteiger partial charge in [0, 0.05) is 36.8 Å². The zero-order valence-corrected chi connectivity index (χ0v) is 22.3. The standard InChI is InChI=1S/C29H32F3N5O3/c1-18-8-11-34-15-22(18)26(27(38)35-21-6-9-29(31,32)10-7-21)37(28(39)25-16-40-13-12-36(25)17-33)24-5-4-20(14-23(24)30)19-2-3-19/h4-5,8,11,14-15,19,21,25-26H,2-3,6-7,9-10,12-13,16H2,1H3,(H,35,38). The van der Waals surface area contributed by atoms with E-state index in [1.165, 1.54) is 23.2 Å². The highest BCUT2D eigenvalue weighted by Gasteiger charge is 2.43. The number of alkyl halides is 2. The zero-order valence-electron chi connectivity index (χ0n) is 22.3. The zero-order chi connectivity index (χ0) is 28.4. The van der Waals surface area contributed by atoms with Crippen LogP contribution >= 0.6 is 0 Å². The van der Waals surface area contributed by atoms with E-state index < -0.39 is 41.7 Å². The SMILES string of the molecule is Cc1ccncc1C(C(=O)NC1CCC(F)(F)CC1)N(C(=O)C1COCCN1C#N)c1ccc(C2CC2)cc1F. The van der Waals surface area contributed by atoms with Gasteiger partial charge < -0.3 is 10.1 Å². The molecule has 1 aromatic heterocycles. The number of pyridine rings is 1. The van der Waals surface area contributed by atoms with Crippen molar-refractivity contribution in [2.24, 2.45) is 0 Å². The maximum Gasteiger partial charge on any atom is 0.253 e. The molecule has 1 N–H and O–H groups in total. The third-order valence-electron chi connectivity index (χ3n) is 8.00. The summed E-state index contributed by atoms with van der Waals surface area (Å²) in [5.74, 6) is -4.51. The van der Waals surface area contributed by atoms with Crippen LogP contribution in [0, 0.1) is 24.2 Å². The summed E-state index contributed by atoms with van der Waals surface area (Å²) in [7, 11) is 0. The van der Waals surface area contributed by atoms with Crippen LogP contribution in [0.3, 0.4) is 0 Å². The van der Waals surface area contributed by atoms with E-state index in [1.54, 1.807) is 25.3 Å². The fourth-order valence-corrected chi connectivity index (χ4v) is 5.49. The summed E-state index contributed by atoms with van der Waals surface area (Å²) >= 11 is 0. The molecule has 1 aromatic carbocycles. The number of hydrogen-bond acceptors (Lipinski definition) is 6. The number of anilines is 1. The molecule has 3 aliphatic rings. The summed E-state index contributed by atoms with van der Waals surface area (Å²) in [6.07, 6.45) is 6.36. The topological polar surface area (TPSA) is 98.6 Å². The minimum absolute atomic E-state index is 0.0779. The van der Waals surface area contributed by atoms with Crippen molar-refractivity contribution in [3.05, 3.63) is 59.2 Å². The Bertz CT molecular complexity index is 1300. The van der Waals surface area contributed by atoms with Gasteiger partial charge in [-0.15, -0.1) is 0 Å². The quantitative estimate of drug-likeness (QED) is 0.510. The van der Waals surface area contributed by atoms with Gasteiger partial charge in [-0.3, -0.25) is 24.4 Å². The summed E-state index contributed by atoms with van der Waals surface area (Å²) in [6, 6.07) is 3.34. The summed E-state index contributed by atoms with van der Waals surface area (Å²) in [6.45, 7) is 2.06. The number of amides is 2. The second kappa shape index (κ2) is 11.5. The molecule has 1 saturated heterocycles. The van der Waals surface area contributed by atoms with Crippen molar-refractivity contribution in [3.63, 3.8) is 0 Å². The number of carbonyl (C=O) groups excluding carboxylic acids is 2. The molecule has 0 spiro atoms. The van der Waals surface area contributed by atoms with Crippen LogP contribution in [0.4, 0.5) is 18.9 Å². The maximum atomic E-state index is 15.8. The Hall–Kier alpha value is -3.65. The Labute approximate surface area is 231 Å². The van der Waals surface area contributed by atoms with E-state index in [-0.39, 0.29) is 57.0 Å². The van der Waals surface area contributed by atoms with Crippen LogP contribution in [0.25, 0.3) is 0 Å². The maximum absolute atomic E-state index is 15.8. The number of ether oxygens (including phenoxy) is 1. The molecular weight excluding hydrogens is 523 g/mol. The highest BCUT2D eigenvalue weighted by Crippen LogP contribution is 2.42. The Kier molecular flexibility index (Phi) is 7.99. The molecule has 1 aliphatic heterocycles. The molecule has 2 atom stereocenters. The van der Waals surface area contributed by atoms with E-state index in [9.17, 15) is 23.6 Å². The number of aromatic nitrogens is 1. The Balaban J connectivity index is 1.58. The average Bonchev–Trinajstić information content (AvgIpc) is 3.79. The van der Waals surface area contributed by atoms with Gasteiger partial charge in [-0.1, -0.05) is 6.07 Å². The number of nitrogens with zero attached hydrogens (tertiary/aromatic N) is 4. The first-order chi connectivity index (χ1) is 19.2. The Morgan fingerprint density at radius 1 is 1.23 bits per heavy atom. The van der Waals surface area contributed by atoms with Crippen molar-refractivity contribution in [1.29, 1.82) is 5.26 Å². The molecule has 2 heterocycles. The predicted octanol–water partition coefficient (Wildman–Crippen LogP) is 4.36. The highest BCUT2D eigenvalue weighted by atomic mass is 19.3. The smallest absolute Gasteiger partial charge is 0.253 e. The normalized spacial score (nSPS) is 21.8. The van der Waals surface area contributed by atoms with Gasteiger partial charge in [0.2, 0.25) is 11.8 Å². The van der Waals surface area contributed by atoms with Gasteiger partial charge >= 0.3 is 0 Å². The average molecular weight is 556 g/mol. The second-order valence-corrected chi connectivity index (χ2v) is 10.9. The van der Waals surface area contributed by atoms with Crippen LogP contribution < -0.4 is 10.2 Å². The number of nitrogens with one attached hydrogen (secondary N) is 1. The summed E-state index contributed by atoms with van der Waals surface area (Å²) in [5.41, 5.74) is 1.70. The lowest BCUT2D eigenvalue weighted by Gasteiger charge is -2.39. The molecule has 40 heavy (non-hydrogen) atoms. The number of morpholine rings is 1. The summed E-state index contributed by atoms with van der Waals surface area (Å²) in [5, 5.41) is 12.6. The monoisotopic (exact) mass is 555 g/mol. The molecule has 212 valence electrons. The largest absolute Gasteiger partial charge is 0.377 e. The predicted molar refractivity (Wildman–Crippen MR) is 140 cm³/mol. The van der Waals surface area contributed by atoms with E-state index in [2.05, 4.69) is 10.3 Å². The van der Waals surface area contributed by atoms with Crippen molar-refractivity contribution in [2.75, 3.05) is 24.7 Å². The third-order valence-corrected chi connectivity index (χ3v) is 8.00. The van der Waals surface area contributed by atoms with E-state index in [0.29, 0.717) is 11.1 Å². The number of nitriles is 1. The number of halogens is 3. The minimum atomic E-state index is -2.78. The van der Waals surface area contributed by atoms with Crippen LogP contribution in [0.1, 0.15) is 67.2 Å². The van der Waals surface area contributed by atoms with E-state index in [4.69, 9.17) is 4.74 Å². The molecule has 0 bridgehead atoms. The van der Waals surface area contributed by atoms with Gasteiger partial charge in [0.25, 0.3) is 5.91 Å². The fraction of sp³-hybridized carbons (Fsp3) is 0.517. The number of hydrogen-bond donors (Lipinski definition) is 1. The van der Waals surface area contributed by atoms with Crippen molar-refractivity contribution in [1.82, 2.24) is 15.2 Å². The summed E-state index contributed by atoms with van der Waals surface area (Å²) < 4.78 is 49.0. The molecule has 5 rings (SSSR count). The van der Waals surface area contributed by atoms with Gasteiger partial charge in [-0.05, 0) is 67.9 Å². The lowest BCUT2D eigenvalue weighted by Crippen LogP contribution is -2.56. The first-order valence-electron chi connectivity index (χ1n) is 13.6. The first kappa shape index (κ1) is 27.9. The molecule has 0 radical (unpaired) electrons. The molecule has 2 amide bonds. The van der Waals surface area contributed by atoms with E-state index in [1.807, 2.05) is 6.19 Å². The van der Waals surface area contributed by atoms with Crippen molar-refractivity contribution in [3.8, 4) is 6.19 Å². The Morgan fingerprint density at radius 2 is 1.98 bits per heavy atom. The number of carbonyl (C=O) groups is 2. The highest BCUT2D eigenvalue weighted by molar-refractivity contribution is 6.04. The minimum Gasteiger partial charge on any atom is -0.377 e. The van der Waals surface area contributed by atoms with Crippen LogP contribution in [0.15, 0.2) is 36.7 Å². The lowest BCUT2D eigenvalue weighted by molar-refractivity contribution is -0.132. The van der Waals surface area contributed by atoms with Gasteiger partial charge in [0.05, 0.1) is 25.4 Å². The van der Waals surface area contributed by atoms with Crippen molar-refractivity contribution in [2.45, 2.75) is 75.4 Å². The van der Waals surface area contributed by atoms with Crippen LogP contribution in [0.2, 0.25) is 0 Å². The van der Waals surface area contributed by atoms with Gasteiger partial charge in [-0.2, -0.15) is 5.26 Å². The number of benzene rings is 1. The fourth-order valence-electron chi connectivity index (χ4n) is 5.49. The molecular formula is C29H32F3N5O3.